The van der Waals surface area contributed by atoms with Crippen molar-refractivity contribution in [2.45, 2.75) is 56.7 Å². The Morgan fingerprint density at radius 2 is 1.88 bits per heavy atom. The van der Waals surface area contributed by atoms with E-state index in [0.29, 0.717) is 13.1 Å². The number of nitrogens with zero attached hydrogens (tertiary/aromatic N) is 1. The first kappa shape index (κ1) is 17.3. The second kappa shape index (κ2) is 7.16. The lowest BCUT2D eigenvalue weighted by Crippen LogP contribution is -2.58. The summed E-state index contributed by atoms with van der Waals surface area (Å²) in [5.74, 6) is -0.0252. The van der Waals surface area contributed by atoms with E-state index < -0.39 is 36.8 Å². The van der Waals surface area contributed by atoms with Gasteiger partial charge in [0, 0.05) is 13.1 Å². The molecule has 0 unspecified atom stereocenters. The molecule has 0 radical (unpaired) electrons. The average Bonchev–Trinajstić information content (AvgIpc) is 2.91. The number of aliphatic hydroxyl groups is 3. The van der Waals surface area contributed by atoms with Gasteiger partial charge in [-0.2, -0.15) is 0 Å². The Bertz CT molecular complexity index is 567. The van der Waals surface area contributed by atoms with Gasteiger partial charge in [-0.05, 0) is 12.5 Å². The summed E-state index contributed by atoms with van der Waals surface area (Å²) < 4.78 is 11.1. The highest BCUT2D eigenvalue weighted by atomic mass is 16.7. The molecule has 0 spiro atoms. The smallest absolute Gasteiger partial charge is 0.225 e. The van der Waals surface area contributed by atoms with Gasteiger partial charge in [0.05, 0.1) is 18.6 Å². The lowest BCUT2D eigenvalue weighted by Gasteiger charge is -2.39. The second-order valence-electron chi connectivity index (χ2n) is 6.40. The zero-order valence-electron chi connectivity index (χ0n) is 13.5. The zero-order chi connectivity index (χ0) is 17.3. The van der Waals surface area contributed by atoms with Crippen molar-refractivity contribution in [3.05, 3.63) is 35.9 Å². The number of aliphatic hydroxyl groups excluding tert-OH is 3. The summed E-state index contributed by atoms with van der Waals surface area (Å²) >= 11 is 0. The van der Waals surface area contributed by atoms with Crippen LogP contribution in [0.5, 0.6) is 0 Å². The quantitative estimate of drug-likeness (QED) is 0.693. The topological polar surface area (TPSA) is 99.5 Å². The van der Waals surface area contributed by atoms with Gasteiger partial charge in [-0.25, -0.2) is 0 Å². The van der Waals surface area contributed by atoms with Crippen LogP contribution in [0.1, 0.15) is 18.9 Å². The molecule has 0 aliphatic carbocycles. The number of benzene rings is 1. The lowest BCUT2D eigenvalue weighted by atomic mass is 10.00. The van der Waals surface area contributed by atoms with Crippen LogP contribution in [0, 0.1) is 0 Å². The van der Waals surface area contributed by atoms with Crippen molar-refractivity contribution in [2.24, 2.45) is 0 Å². The fourth-order valence-corrected chi connectivity index (χ4v) is 3.10. The predicted octanol–water partition coefficient (Wildman–Crippen LogP) is -0.368. The van der Waals surface area contributed by atoms with Gasteiger partial charge >= 0.3 is 0 Å². The number of rotatable bonds is 4. The number of amides is 1. The third kappa shape index (κ3) is 3.60. The van der Waals surface area contributed by atoms with E-state index in [-0.39, 0.29) is 12.3 Å². The first-order valence-electron chi connectivity index (χ1n) is 8.12. The monoisotopic (exact) mass is 337 g/mol. The maximum Gasteiger partial charge on any atom is 0.225 e. The summed E-state index contributed by atoms with van der Waals surface area (Å²) in [5, 5.41) is 29.5. The predicted molar refractivity (Wildman–Crippen MR) is 83.7 cm³/mol. The van der Waals surface area contributed by atoms with Crippen LogP contribution in [0.2, 0.25) is 0 Å². The van der Waals surface area contributed by atoms with Crippen LogP contribution in [0.3, 0.4) is 0 Å². The molecule has 2 saturated heterocycles. The molecule has 0 saturated carbocycles. The van der Waals surface area contributed by atoms with Crippen LogP contribution >= 0.6 is 0 Å². The SMILES string of the molecule is C[C@@H]1O[C@@H](O[C@@H]2CC(=O)N(Cc3ccccc3)C2)[C@H](O)[C@H](O)[C@H]1O. The molecule has 1 aromatic carbocycles. The van der Waals surface area contributed by atoms with E-state index in [1.165, 1.54) is 0 Å². The van der Waals surface area contributed by atoms with Gasteiger partial charge in [0.2, 0.25) is 5.91 Å². The molecule has 2 aliphatic heterocycles. The molecular weight excluding hydrogens is 314 g/mol. The second-order valence-corrected chi connectivity index (χ2v) is 6.40. The Balaban J connectivity index is 1.58. The molecule has 6 atom stereocenters. The first-order chi connectivity index (χ1) is 11.5. The Morgan fingerprint density at radius 1 is 1.17 bits per heavy atom. The van der Waals surface area contributed by atoms with E-state index >= 15 is 0 Å². The highest BCUT2D eigenvalue weighted by Gasteiger charge is 2.44. The summed E-state index contributed by atoms with van der Waals surface area (Å²) in [7, 11) is 0. The van der Waals surface area contributed by atoms with Crippen LogP contribution in [0.15, 0.2) is 30.3 Å². The number of hydrogen-bond acceptors (Lipinski definition) is 6. The maximum absolute atomic E-state index is 12.1. The Morgan fingerprint density at radius 3 is 2.58 bits per heavy atom. The third-order valence-corrected chi connectivity index (χ3v) is 4.53. The molecule has 24 heavy (non-hydrogen) atoms. The van der Waals surface area contributed by atoms with Crippen molar-refractivity contribution in [1.29, 1.82) is 0 Å². The van der Waals surface area contributed by atoms with E-state index in [4.69, 9.17) is 9.47 Å². The maximum atomic E-state index is 12.1. The van der Waals surface area contributed by atoms with Crippen molar-refractivity contribution >= 4 is 5.91 Å². The number of carbonyl (C=O) groups excluding carboxylic acids is 1. The van der Waals surface area contributed by atoms with Crippen LogP contribution in [0.25, 0.3) is 0 Å². The molecular formula is C17H23NO6. The first-order valence-corrected chi connectivity index (χ1v) is 8.12. The van der Waals surface area contributed by atoms with Gasteiger partial charge in [0.25, 0.3) is 0 Å². The largest absolute Gasteiger partial charge is 0.388 e. The molecule has 2 aliphatic rings. The van der Waals surface area contributed by atoms with E-state index in [2.05, 4.69) is 0 Å². The fraction of sp³-hybridized carbons (Fsp3) is 0.588. The van der Waals surface area contributed by atoms with Crippen LogP contribution in [0.4, 0.5) is 0 Å². The molecule has 132 valence electrons. The number of hydrogen-bond donors (Lipinski definition) is 3. The molecule has 2 fully saturated rings. The fourth-order valence-electron chi connectivity index (χ4n) is 3.10. The molecule has 3 N–H and O–H groups in total. The zero-order valence-corrected chi connectivity index (χ0v) is 13.5. The summed E-state index contributed by atoms with van der Waals surface area (Å²) in [6, 6.07) is 9.67. The highest BCUT2D eigenvalue weighted by molar-refractivity contribution is 5.79. The minimum Gasteiger partial charge on any atom is -0.388 e. The Hall–Kier alpha value is -1.51. The number of likely N-dealkylation sites (tertiary alicyclic amines) is 1. The molecule has 0 aromatic heterocycles. The molecule has 0 bridgehead atoms. The van der Waals surface area contributed by atoms with Gasteiger partial charge in [0.15, 0.2) is 6.29 Å². The van der Waals surface area contributed by atoms with Gasteiger partial charge in [-0.15, -0.1) is 0 Å². The van der Waals surface area contributed by atoms with E-state index in [1.807, 2.05) is 30.3 Å². The van der Waals surface area contributed by atoms with Crippen molar-refractivity contribution in [2.75, 3.05) is 6.54 Å². The minimum atomic E-state index is -1.35. The molecule has 1 amide bonds. The van der Waals surface area contributed by atoms with Crippen molar-refractivity contribution < 1.29 is 29.6 Å². The van der Waals surface area contributed by atoms with E-state index in [0.717, 1.165) is 5.56 Å². The van der Waals surface area contributed by atoms with Gasteiger partial charge in [0.1, 0.15) is 18.3 Å². The molecule has 2 heterocycles. The third-order valence-electron chi connectivity index (χ3n) is 4.53. The Labute approximate surface area is 140 Å². The van der Waals surface area contributed by atoms with Crippen molar-refractivity contribution in [3.8, 4) is 0 Å². The summed E-state index contributed by atoms with van der Waals surface area (Å²) in [6.45, 7) is 2.50. The molecule has 1 aromatic rings. The van der Waals surface area contributed by atoms with Crippen molar-refractivity contribution in [1.82, 2.24) is 4.90 Å². The molecule has 3 rings (SSSR count). The van der Waals surface area contributed by atoms with Crippen LogP contribution in [-0.2, 0) is 20.8 Å². The summed E-state index contributed by atoms with van der Waals surface area (Å²) in [5.41, 5.74) is 1.03. The summed E-state index contributed by atoms with van der Waals surface area (Å²) in [6.07, 6.45) is -5.80. The normalized spacial score (nSPS) is 37.0. The van der Waals surface area contributed by atoms with Crippen molar-refractivity contribution in [3.63, 3.8) is 0 Å². The van der Waals surface area contributed by atoms with Crippen LogP contribution in [-0.4, -0.2) is 69.5 Å². The van der Waals surface area contributed by atoms with Gasteiger partial charge < -0.3 is 29.7 Å². The number of carbonyl (C=O) groups is 1. The Kier molecular flexibility index (Phi) is 5.17. The standard InChI is InChI=1S/C17H23NO6/c1-10-14(20)15(21)16(22)17(23-10)24-12-7-13(19)18(9-12)8-11-5-3-2-4-6-11/h2-6,10,12,14-17,20-22H,7-9H2,1H3/t10-,12+,14-,15+,16+,17-/m0/s1. The molecule has 7 heteroatoms. The van der Waals surface area contributed by atoms with Crippen LogP contribution < -0.4 is 0 Å². The lowest BCUT2D eigenvalue weighted by molar-refractivity contribution is -0.302. The van der Waals surface area contributed by atoms with E-state index in [1.54, 1.807) is 11.8 Å². The molecule has 7 nitrogen and oxygen atoms in total. The summed E-state index contributed by atoms with van der Waals surface area (Å²) in [4.78, 5) is 13.8. The van der Waals surface area contributed by atoms with Gasteiger partial charge in [-0.3, -0.25) is 4.79 Å². The number of ether oxygens (including phenoxy) is 2. The highest BCUT2D eigenvalue weighted by Crippen LogP contribution is 2.26. The van der Waals surface area contributed by atoms with E-state index in [9.17, 15) is 20.1 Å². The van der Waals surface area contributed by atoms with Gasteiger partial charge in [-0.1, -0.05) is 30.3 Å². The minimum absolute atomic E-state index is 0.0252. The average molecular weight is 337 g/mol.